The van der Waals surface area contributed by atoms with Crippen LogP contribution in [-0.2, 0) is 6.42 Å². The summed E-state index contributed by atoms with van der Waals surface area (Å²) in [5.74, 6) is 0. The van der Waals surface area contributed by atoms with Gasteiger partial charge in [0, 0.05) is 18.0 Å². The van der Waals surface area contributed by atoms with Crippen LogP contribution in [0.15, 0.2) is 24.7 Å². The smallest absolute Gasteiger partial charge is 0.0697 e. The van der Waals surface area contributed by atoms with Gasteiger partial charge in [-0.15, -0.1) is 0 Å². The zero-order chi connectivity index (χ0) is 9.10. The van der Waals surface area contributed by atoms with E-state index in [0.29, 0.717) is 6.54 Å². The highest BCUT2D eigenvalue weighted by atomic mass is 15.1. The van der Waals surface area contributed by atoms with Crippen molar-refractivity contribution in [3.8, 4) is 11.3 Å². The lowest BCUT2D eigenvalue weighted by atomic mass is 10.1. The van der Waals surface area contributed by atoms with Crippen molar-refractivity contribution < 1.29 is 0 Å². The number of hydrogen-bond acceptors (Lipinski definition) is 2. The van der Waals surface area contributed by atoms with E-state index in [1.807, 2.05) is 24.7 Å². The first kappa shape index (κ1) is 8.07. The molecule has 0 unspecified atom stereocenters. The fraction of sp³-hybridized carbons (Fsp3) is 0.222. The zero-order valence-electron chi connectivity index (χ0n) is 7.25. The molecular formula is C9H12N4. The van der Waals surface area contributed by atoms with Gasteiger partial charge in [0.05, 0.1) is 11.9 Å². The lowest BCUT2D eigenvalue weighted by Crippen LogP contribution is -2.02. The van der Waals surface area contributed by atoms with Crippen LogP contribution in [0, 0.1) is 0 Å². The summed E-state index contributed by atoms with van der Waals surface area (Å²) in [4.78, 5) is 3.01. The average molecular weight is 176 g/mol. The van der Waals surface area contributed by atoms with Crippen LogP contribution in [0.25, 0.3) is 11.3 Å². The van der Waals surface area contributed by atoms with Gasteiger partial charge >= 0.3 is 0 Å². The predicted molar refractivity (Wildman–Crippen MR) is 51.1 cm³/mol. The van der Waals surface area contributed by atoms with E-state index in [1.54, 1.807) is 0 Å². The van der Waals surface area contributed by atoms with Crippen LogP contribution in [0.2, 0.25) is 0 Å². The first-order chi connectivity index (χ1) is 6.42. The van der Waals surface area contributed by atoms with Gasteiger partial charge in [-0.25, -0.2) is 0 Å². The van der Waals surface area contributed by atoms with Crippen LogP contribution in [0.5, 0.6) is 0 Å². The number of aromatic amines is 2. The first-order valence-corrected chi connectivity index (χ1v) is 4.27. The summed E-state index contributed by atoms with van der Waals surface area (Å²) in [6, 6.07) is 2.01. The number of H-pyrrole nitrogens is 2. The second-order valence-corrected chi connectivity index (χ2v) is 2.91. The Morgan fingerprint density at radius 3 is 3.08 bits per heavy atom. The second kappa shape index (κ2) is 3.45. The molecule has 4 N–H and O–H groups in total. The maximum atomic E-state index is 5.49. The molecule has 0 saturated carbocycles. The van der Waals surface area contributed by atoms with Gasteiger partial charge in [-0.1, -0.05) is 0 Å². The molecule has 0 atom stereocenters. The van der Waals surface area contributed by atoms with Crippen LogP contribution < -0.4 is 5.73 Å². The number of nitrogens with zero attached hydrogens (tertiary/aromatic N) is 1. The Morgan fingerprint density at radius 2 is 2.38 bits per heavy atom. The summed E-state index contributed by atoms with van der Waals surface area (Å²) in [5, 5.41) is 6.97. The minimum atomic E-state index is 0.650. The molecule has 0 aliphatic rings. The van der Waals surface area contributed by atoms with Crippen LogP contribution in [0.3, 0.4) is 0 Å². The van der Waals surface area contributed by atoms with Crippen LogP contribution in [0.4, 0.5) is 0 Å². The number of hydrogen-bond donors (Lipinski definition) is 3. The Morgan fingerprint density at radius 1 is 1.46 bits per heavy atom. The quantitative estimate of drug-likeness (QED) is 0.650. The molecule has 0 spiro atoms. The molecule has 0 saturated heterocycles. The number of nitrogens with two attached hydrogens (primary N) is 1. The molecule has 13 heavy (non-hydrogen) atoms. The van der Waals surface area contributed by atoms with Crippen molar-refractivity contribution >= 4 is 0 Å². The summed E-state index contributed by atoms with van der Waals surface area (Å²) in [5.41, 5.74) is 8.85. The lowest BCUT2D eigenvalue weighted by Gasteiger charge is -1.97. The zero-order valence-corrected chi connectivity index (χ0v) is 7.25. The summed E-state index contributed by atoms with van der Waals surface area (Å²) in [7, 11) is 0. The largest absolute Gasteiger partial charge is 0.367 e. The minimum absolute atomic E-state index is 0.650. The number of nitrogens with one attached hydrogen (secondary N) is 2. The molecule has 0 aliphatic carbocycles. The molecule has 2 heterocycles. The highest BCUT2D eigenvalue weighted by Gasteiger charge is 2.06. The lowest BCUT2D eigenvalue weighted by molar-refractivity contribution is 0.972. The van der Waals surface area contributed by atoms with Gasteiger partial charge in [-0.2, -0.15) is 5.10 Å². The topological polar surface area (TPSA) is 70.5 Å². The SMILES string of the molecule is NCCc1cn[nH]c1-c1cc[nH]c1. The van der Waals surface area contributed by atoms with E-state index in [9.17, 15) is 0 Å². The van der Waals surface area contributed by atoms with Gasteiger partial charge in [0.1, 0.15) is 0 Å². The van der Waals surface area contributed by atoms with Crippen molar-refractivity contribution in [2.45, 2.75) is 6.42 Å². The van der Waals surface area contributed by atoms with Crippen LogP contribution in [0.1, 0.15) is 5.56 Å². The maximum absolute atomic E-state index is 5.49. The number of rotatable bonds is 3. The minimum Gasteiger partial charge on any atom is -0.367 e. The van der Waals surface area contributed by atoms with E-state index in [0.717, 1.165) is 17.7 Å². The van der Waals surface area contributed by atoms with E-state index in [-0.39, 0.29) is 0 Å². The monoisotopic (exact) mass is 176 g/mol. The van der Waals surface area contributed by atoms with Gasteiger partial charge in [0.2, 0.25) is 0 Å². The van der Waals surface area contributed by atoms with Gasteiger partial charge in [-0.3, -0.25) is 5.10 Å². The predicted octanol–water partition coefficient (Wildman–Crippen LogP) is 0.906. The highest BCUT2D eigenvalue weighted by molar-refractivity contribution is 5.61. The first-order valence-electron chi connectivity index (χ1n) is 4.27. The molecule has 4 heteroatoms. The second-order valence-electron chi connectivity index (χ2n) is 2.91. The van der Waals surface area contributed by atoms with Gasteiger partial charge < -0.3 is 10.7 Å². The fourth-order valence-electron chi connectivity index (χ4n) is 1.39. The Kier molecular flexibility index (Phi) is 2.14. The van der Waals surface area contributed by atoms with Gasteiger partial charge in [0.25, 0.3) is 0 Å². The van der Waals surface area contributed by atoms with E-state index in [2.05, 4.69) is 15.2 Å². The van der Waals surface area contributed by atoms with Crippen LogP contribution >= 0.6 is 0 Å². The third kappa shape index (κ3) is 1.48. The molecule has 0 aliphatic heterocycles. The molecular weight excluding hydrogens is 164 g/mol. The Bertz CT molecular complexity index is 361. The molecule has 0 radical (unpaired) electrons. The summed E-state index contributed by atoms with van der Waals surface area (Å²) in [6.45, 7) is 0.650. The Labute approximate surface area is 76.2 Å². The molecule has 0 amide bonds. The van der Waals surface area contributed by atoms with Crippen molar-refractivity contribution in [2.75, 3.05) is 6.54 Å². The fourth-order valence-corrected chi connectivity index (χ4v) is 1.39. The molecule has 2 aromatic heterocycles. The average Bonchev–Trinajstić information content (AvgIpc) is 2.71. The maximum Gasteiger partial charge on any atom is 0.0697 e. The van der Waals surface area contributed by atoms with Crippen molar-refractivity contribution in [3.05, 3.63) is 30.2 Å². The highest BCUT2D eigenvalue weighted by Crippen LogP contribution is 2.19. The molecule has 2 rings (SSSR count). The standard InChI is InChI=1S/C9H12N4/c10-3-1-7-6-12-13-9(7)8-2-4-11-5-8/h2,4-6,11H,1,3,10H2,(H,12,13). The molecule has 0 aromatic carbocycles. The normalized spacial score (nSPS) is 10.5. The van der Waals surface area contributed by atoms with Crippen LogP contribution in [-0.4, -0.2) is 21.7 Å². The van der Waals surface area contributed by atoms with E-state index < -0.39 is 0 Å². The molecule has 4 nitrogen and oxygen atoms in total. The van der Waals surface area contributed by atoms with E-state index in [1.165, 1.54) is 5.56 Å². The third-order valence-electron chi connectivity index (χ3n) is 2.02. The summed E-state index contributed by atoms with van der Waals surface area (Å²) >= 11 is 0. The van der Waals surface area contributed by atoms with E-state index >= 15 is 0 Å². The van der Waals surface area contributed by atoms with E-state index in [4.69, 9.17) is 5.73 Å². The van der Waals surface area contributed by atoms with Crippen molar-refractivity contribution in [2.24, 2.45) is 5.73 Å². The van der Waals surface area contributed by atoms with Crippen molar-refractivity contribution in [1.29, 1.82) is 0 Å². The Balaban J connectivity index is 2.35. The van der Waals surface area contributed by atoms with Gasteiger partial charge in [-0.05, 0) is 24.6 Å². The van der Waals surface area contributed by atoms with Gasteiger partial charge in [0.15, 0.2) is 0 Å². The Hall–Kier alpha value is -1.55. The molecule has 0 fully saturated rings. The number of aromatic nitrogens is 3. The molecule has 0 bridgehead atoms. The summed E-state index contributed by atoms with van der Waals surface area (Å²) < 4.78 is 0. The summed E-state index contributed by atoms with van der Waals surface area (Å²) in [6.07, 6.45) is 6.52. The van der Waals surface area contributed by atoms with Crippen molar-refractivity contribution in [3.63, 3.8) is 0 Å². The molecule has 2 aromatic rings. The van der Waals surface area contributed by atoms with Crippen molar-refractivity contribution in [1.82, 2.24) is 15.2 Å². The third-order valence-corrected chi connectivity index (χ3v) is 2.02. The molecule has 68 valence electrons.